The SMILES string of the molecule is CCCCCCCCCCCCCCCCCOc1cc(CO)cc(OCCCCCCCCCCCCCCCCC)c1. The van der Waals surface area contributed by atoms with E-state index in [0.717, 1.165) is 43.1 Å². The van der Waals surface area contributed by atoms with Crippen molar-refractivity contribution >= 4 is 0 Å². The van der Waals surface area contributed by atoms with Gasteiger partial charge in [0, 0.05) is 6.07 Å². The summed E-state index contributed by atoms with van der Waals surface area (Å²) in [4.78, 5) is 0. The number of hydrogen-bond acceptors (Lipinski definition) is 3. The van der Waals surface area contributed by atoms with Crippen LogP contribution in [0.1, 0.15) is 212 Å². The molecule has 1 aromatic rings. The summed E-state index contributed by atoms with van der Waals surface area (Å²) in [6.45, 7) is 6.09. The molecule has 0 saturated heterocycles. The Morgan fingerprint density at radius 2 is 0.614 bits per heavy atom. The Morgan fingerprint density at radius 1 is 0.364 bits per heavy atom. The van der Waals surface area contributed by atoms with E-state index >= 15 is 0 Å². The average Bonchev–Trinajstić information content (AvgIpc) is 3.04. The fourth-order valence-electron chi connectivity index (χ4n) is 6.22. The van der Waals surface area contributed by atoms with Gasteiger partial charge in [-0.05, 0) is 30.5 Å². The molecule has 1 aromatic carbocycles. The highest BCUT2D eigenvalue weighted by molar-refractivity contribution is 5.38. The van der Waals surface area contributed by atoms with E-state index in [1.165, 1.54) is 180 Å². The molecule has 0 heterocycles. The third-order valence-corrected chi connectivity index (χ3v) is 9.16. The maximum absolute atomic E-state index is 9.70. The molecule has 44 heavy (non-hydrogen) atoms. The Hall–Kier alpha value is -1.22. The second-order valence-electron chi connectivity index (χ2n) is 13.6. The van der Waals surface area contributed by atoms with E-state index in [-0.39, 0.29) is 6.61 Å². The first-order chi connectivity index (χ1) is 21.8. The smallest absolute Gasteiger partial charge is 0.123 e. The second kappa shape index (κ2) is 33.2. The van der Waals surface area contributed by atoms with Crippen LogP contribution in [0.3, 0.4) is 0 Å². The quantitative estimate of drug-likeness (QED) is 0.0771. The lowest BCUT2D eigenvalue weighted by molar-refractivity contribution is 0.271. The first kappa shape index (κ1) is 40.8. The van der Waals surface area contributed by atoms with Crippen LogP contribution in [0.4, 0.5) is 0 Å². The van der Waals surface area contributed by atoms with Gasteiger partial charge in [-0.15, -0.1) is 0 Å². The summed E-state index contributed by atoms with van der Waals surface area (Å²) in [7, 11) is 0. The molecule has 0 aliphatic rings. The lowest BCUT2D eigenvalue weighted by Gasteiger charge is -2.12. The van der Waals surface area contributed by atoms with Crippen LogP contribution in [0.15, 0.2) is 18.2 Å². The molecule has 0 saturated carbocycles. The molecule has 0 atom stereocenters. The fourth-order valence-corrected chi connectivity index (χ4v) is 6.22. The van der Waals surface area contributed by atoms with Crippen molar-refractivity contribution in [2.75, 3.05) is 13.2 Å². The van der Waals surface area contributed by atoms with Crippen molar-refractivity contribution in [3.63, 3.8) is 0 Å². The van der Waals surface area contributed by atoms with E-state index in [1.54, 1.807) is 0 Å². The van der Waals surface area contributed by atoms with Crippen molar-refractivity contribution in [3.8, 4) is 11.5 Å². The number of rotatable bonds is 35. The van der Waals surface area contributed by atoms with Crippen molar-refractivity contribution in [1.29, 1.82) is 0 Å². The lowest BCUT2D eigenvalue weighted by atomic mass is 10.0. The number of unbranched alkanes of at least 4 members (excludes halogenated alkanes) is 28. The molecule has 0 unspecified atom stereocenters. The summed E-state index contributed by atoms with van der Waals surface area (Å²) < 4.78 is 12.1. The van der Waals surface area contributed by atoms with E-state index in [2.05, 4.69) is 13.8 Å². The van der Waals surface area contributed by atoms with Crippen LogP contribution in [-0.2, 0) is 6.61 Å². The van der Waals surface area contributed by atoms with Gasteiger partial charge in [0.25, 0.3) is 0 Å². The van der Waals surface area contributed by atoms with Crippen molar-refractivity contribution in [3.05, 3.63) is 23.8 Å². The minimum Gasteiger partial charge on any atom is -0.493 e. The van der Waals surface area contributed by atoms with Crippen molar-refractivity contribution in [1.82, 2.24) is 0 Å². The van der Waals surface area contributed by atoms with Gasteiger partial charge in [-0.1, -0.05) is 194 Å². The minimum absolute atomic E-state index is 0.0193. The number of ether oxygens (including phenoxy) is 2. The zero-order chi connectivity index (χ0) is 31.6. The predicted octanol–water partition coefficient (Wildman–Crippen LogP) is 13.7. The molecule has 3 heteroatoms. The van der Waals surface area contributed by atoms with Crippen LogP contribution in [0.2, 0.25) is 0 Å². The highest BCUT2D eigenvalue weighted by Gasteiger charge is 2.04. The average molecular weight is 617 g/mol. The molecule has 0 aromatic heterocycles. The molecular weight excluding hydrogens is 540 g/mol. The van der Waals surface area contributed by atoms with E-state index in [0.29, 0.717) is 0 Å². The van der Waals surface area contributed by atoms with Gasteiger partial charge in [0.1, 0.15) is 11.5 Å². The van der Waals surface area contributed by atoms with Gasteiger partial charge in [-0.3, -0.25) is 0 Å². The first-order valence-corrected chi connectivity index (χ1v) is 19.8. The Labute approximate surface area is 275 Å². The van der Waals surface area contributed by atoms with Gasteiger partial charge in [-0.2, -0.15) is 0 Å². The molecule has 0 fully saturated rings. The standard InChI is InChI=1S/C41H76O3/c1-3-5-7-9-11-13-15-17-19-21-23-25-27-29-31-33-43-40-35-39(38-42)36-41(37-40)44-34-32-30-28-26-24-22-20-18-16-14-12-10-8-6-4-2/h35-37,42H,3-34,38H2,1-2H3. The highest BCUT2D eigenvalue weighted by Crippen LogP contribution is 2.24. The second-order valence-corrected chi connectivity index (χ2v) is 13.6. The van der Waals surface area contributed by atoms with E-state index in [9.17, 15) is 5.11 Å². The maximum Gasteiger partial charge on any atom is 0.123 e. The van der Waals surface area contributed by atoms with Crippen LogP contribution in [-0.4, -0.2) is 18.3 Å². The van der Waals surface area contributed by atoms with E-state index < -0.39 is 0 Å². The summed E-state index contributed by atoms with van der Waals surface area (Å²) in [5.74, 6) is 1.65. The summed E-state index contributed by atoms with van der Waals surface area (Å²) in [5, 5.41) is 9.70. The number of aliphatic hydroxyl groups is 1. The van der Waals surface area contributed by atoms with Gasteiger partial charge in [0.2, 0.25) is 0 Å². The van der Waals surface area contributed by atoms with Crippen molar-refractivity contribution in [2.24, 2.45) is 0 Å². The zero-order valence-corrected chi connectivity index (χ0v) is 29.8. The third-order valence-electron chi connectivity index (χ3n) is 9.16. The molecule has 0 aliphatic carbocycles. The monoisotopic (exact) mass is 617 g/mol. The lowest BCUT2D eigenvalue weighted by Crippen LogP contribution is -2.01. The number of aliphatic hydroxyl groups excluding tert-OH is 1. The molecular formula is C41H76O3. The summed E-state index contributed by atoms with van der Waals surface area (Å²) in [6, 6.07) is 5.90. The van der Waals surface area contributed by atoms with Crippen LogP contribution in [0.25, 0.3) is 0 Å². The molecule has 0 amide bonds. The molecule has 0 radical (unpaired) electrons. The number of hydrogen-bond donors (Lipinski definition) is 1. The normalized spacial score (nSPS) is 11.3. The van der Waals surface area contributed by atoms with Gasteiger partial charge >= 0.3 is 0 Å². The molecule has 0 bridgehead atoms. The maximum atomic E-state index is 9.70. The van der Waals surface area contributed by atoms with E-state index in [4.69, 9.17) is 9.47 Å². The Balaban J connectivity index is 1.97. The Kier molecular flexibility index (Phi) is 30.7. The van der Waals surface area contributed by atoms with Gasteiger partial charge in [0.15, 0.2) is 0 Å². The van der Waals surface area contributed by atoms with E-state index in [1.807, 2.05) is 18.2 Å². The Morgan fingerprint density at radius 3 is 0.864 bits per heavy atom. The van der Waals surface area contributed by atoms with Crippen molar-refractivity contribution in [2.45, 2.75) is 213 Å². The highest BCUT2D eigenvalue weighted by atomic mass is 16.5. The molecule has 258 valence electrons. The zero-order valence-electron chi connectivity index (χ0n) is 29.8. The topological polar surface area (TPSA) is 38.7 Å². The molecule has 0 aliphatic heterocycles. The predicted molar refractivity (Wildman–Crippen MR) is 193 cm³/mol. The summed E-state index contributed by atoms with van der Waals surface area (Å²) in [5.41, 5.74) is 0.866. The molecule has 3 nitrogen and oxygen atoms in total. The fraction of sp³-hybridized carbons (Fsp3) is 0.854. The summed E-state index contributed by atoms with van der Waals surface area (Å²) in [6.07, 6.45) is 41.2. The number of benzene rings is 1. The van der Waals surface area contributed by atoms with Crippen LogP contribution >= 0.6 is 0 Å². The first-order valence-electron chi connectivity index (χ1n) is 19.8. The van der Waals surface area contributed by atoms with Crippen LogP contribution in [0, 0.1) is 0 Å². The summed E-state index contributed by atoms with van der Waals surface area (Å²) >= 11 is 0. The molecule has 0 spiro atoms. The van der Waals surface area contributed by atoms with Gasteiger partial charge in [-0.25, -0.2) is 0 Å². The largest absolute Gasteiger partial charge is 0.493 e. The Bertz CT molecular complexity index is 649. The minimum atomic E-state index is 0.0193. The molecule has 1 N–H and O–H groups in total. The van der Waals surface area contributed by atoms with Crippen LogP contribution in [0.5, 0.6) is 11.5 Å². The van der Waals surface area contributed by atoms with Gasteiger partial charge in [0.05, 0.1) is 19.8 Å². The van der Waals surface area contributed by atoms with Gasteiger partial charge < -0.3 is 14.6 Å². The third kappa shape index (κ3) is 27.1. The van der Waals surface area contributed by atoms with Crippen molar-refractivity contribution < 1.29 is 14.6 Å². The molecule has 1 rings (SSSR count). The van der Waals surface area contributed by atoms with Crippen LogP contribution < -0.4 is 9.47 Å².